The second kappa shape index (κ2) is 7.20. The van der Waals surface area contributed by atoms with Crippen LogP contribution in [0.1, 0.15) is 19.8 Å². The van der Waals surface area contributed by atoms with Crippen molar-refractivity contribution < 1.29 is 24.2 Å². The zero-order valence-electron chi connectivity index (χ0n) is 12.6. The van der Waals surface area contributed by atoms with Crippen LogP contribution < -0.4 is 5.32 Å². The quantitative estimate of drug-likeness (QED) is 0.700. The highest BCUT2D eigenvalue weighted by Gasteiger charge is 2.42. The summed E-state index contributed by atoms with van der Waals surface area (Å²) in [5.41, 5.74) is 0. The molecule has 1 amide bonds. The number of ether oxygens (including phenoxy) is 2. The van der Waals surface area contributed by atoms with Gasteiger partial charge < -0.3 is 24.8 Å². The molecule has 2 heterocycles. The normalized spacial score (nSPS) is 32.3. The Labute approximate surface area is 124 Å². The highest BCUT2D eigenvalue weighted by atomic mass is 16.5. The van der Waals surface area contributed by atoms with Gasteiger partial charge in [-0.05, 0) is 12.8 Å². The fourth-order valence-electron chi connectivity index (χ4n) is 3.04. The largest absolute Gasteiger partial charge is 0.481 e. The lowest BCUT2D eigenvalue weighted by Crippen LogP contribution is -2.52. The van der Waals surface area contributed by atoms with E-state index in [0.29, 0.717) is 26.1 Å². The number of amides is 1. The zero-order chi connectivity index (χ0) is 15.4. The first-order valence-corrected chi connectivity index (χ1v) is 7.45. The van der Waals surface area contributed by atoms with Crippen molar-refractivity contribution in [3.05, 3.63) is 0 Å². The average Bonchev–Trinajstić information content (AvgIpc) is 3.12. The maximum absolute atomic E-state index is 12.7. The summed E-state index contributed by atoms with van der Waals surface area (Å²) in [6.07, 6.45) is 1.45. The molecular formula is C14H24N2O5. The van der Waals surface area contributed by atoms with Gasteiger partial charge in [-0.25, -0.2) is 0 Å². The van der Waals surface area contributed by atoms with Crippen molar-refractivity contribution in [2.24, 2.45) is 5.92 Å². The van der Waals surface area contributed by atoms with E-state index in [1.165, 1.54) is 0 Å². The molecule has 2 aliphatic heterocycles. The maximum atomic E-state index is 12.7. The number of aliphatic carboxylic acids is 1. The third-order valence-corrected chi connectivity index (χ3v) is 4.24. The van der Waals surface area contributed by atoms with Crippen LogP contribution in [0.25, 0.3) is 0 Å². The summed E-state index contributed by atoms with van der Waals surface area (Å²) in [7, 11) is 1.63. The molecule has 2 fully saturated rings. The second-order valence-corrected chi connectivity index (χ2v) is 5.64. The minimum absolute atomic E-state index is 0.0394. The topological polar surface area (TPSA) is 88.1 Å². The van der Waals surface area contributed by atoms with Gasteiger partial charge in [0.05, 0.1) is 31.4 Å². The van der Waals surface area contributed by atoms with Crippen molar-refractivity contribution in [3.63, 3.8) is 0 Å². The molecule has 120 valence electrons. The molecule has 0 spiro atoms. The van der Waals surface area contributed by atoms with Crippen molar-refractivity contribution in [1.82, 2.24) is 10.2 Å². The summed E-state index contributed by atoms with van der Waals surface area (Å²) in [6, 6.07) is -0.671. The first-order chi connectivity index (χ1) is 10.1. The van der Waals surface area contributed by atoms with Gasteiger partial charge in [0.1, 0.15) is 5.92 Å². The SMILES string of the molecule is CCCN(C(=O)C1CC(OC)CN1)C1COCC1C(=O)O. The highest BCUT2D eigenvalue weighted by Crippen LogP contribution is 2.23. The first-order valence-electron chi connectivity index (χ1n) is 7.45. The van der Waals surface area contributed by atoms with Gasteiger partial charge in [-0.3, -0.25) is 9.59 Å². The number of carboxylic acids is 1. The van der Waals surface area contributed by atoms with E-state index in [0.717, 1.165) is 6.42 Å². The van der Waals surface area contributed by atoms with Gasteiger partial charge in [0.25, 0.3) is 0 Å². The maximum Gasteiger partial charge on any atom is 0.311 e. The number of rotatable bonds is 6. The number of hydrogen-bond donors (Lipinski definition) is 2. The third-order valence-electron chi connectivity index (χ3n) is 4.24. The molecule has 2 saturated heterocycles. The number of carbonyl (C=O) groups is 2. The molecule has 2 N–H and O–H groups in total. The summed E-state index contributed by atoms with van der Waals surface area (Å²) >= 11 is 0. The molecule has 21 heavy (non-hydrogen) atoms. The van der Waals surface area contributed by atoms with Crippen LogP contribution in [0, 0.1) is 5.92 Å². The highest BCUT2D eigenvalue weighted by molar-refractivity contribution is 5.83. The molecule has 2 aliphatic rings. The van der Waals surface area contributed by atoms with E-state index in [4.69, 9.17) is 9.47 Å². The summed E-state index contributed by atoms with van der Waals surface area (Å²) in [4.78, 5) is 25.7. The lowest BCUT2D eigenvalue weighted by Gasteiger charge is -2.32. The lowest BCUT2D eigenvalue weighted by atomic mass is 10.0. The van der Waals surface area contributed by atoms with Crippen molar-refractivity contribution in [2.45, 2.75) is 38.0 Å². The van der Waals surface area contributed by atoms with E-state index < -0.39 is 11.9 Å². The number of carbonyl (C=O) groups excluding carboxylic acids is 1. The minimum Gasteiger partial charge on any atom is -0.481 e. The summed E-state index contributed by atoms with van der Waals surface area (Å²) in [5.74, 6) is -1.58. The van der Waals surface area contributed by atoms with Crippen LogP contribution >= 0.6 is 0 Å². The lowest BCUT2D eigenvalue weighted by molar-refractivity contribution is -0.145. The molecule has 7 heteroatoms. The number of nitrogens with one attached hydrogen (secondary N) is 1. The minimum atomic E-state index is -0.902. The van der Waals surface area contributed by atoms with Crippen LogP contribution in [0.4, 0.5) is 0 Å². The van der Waals surface area contributed by atoms with Gasteiger partial charge in [0.2, 0.25) is 5.91 Å². The van der Waals surface area contributed by atoms with Crippen LogP contribution in [-0.4, -0.2) is 73.5 Å². The van der Waals surface area contributed by atoms with E-state index in [-0.39, 0.29) is 30.7 Å². The van der Waals surface area contributed by atoms with Crippen LogP contribution in [0.5, 0.6) is 0 Å². The van der Waals surface area contributed by atoms with Gasteiger partial charge in [-0.15, -0.1) is 0 Å². The standard InChI is InChI=1S/C14H24N2O5/c1-3-4-16(12-8-21-7-10(12)14(18)19)13(17)11-5-9(20-2)6-15-11/h9-12,15H,3-8H2,1-2H3,(H,18,19). The van der Waals surface area contributed by atoms with Gasteiger partial charge >= 0.3 is 5.97 Å². The van der Waals surface area contributed by atoms with Gasteiger partial charge in [0.15, 0.2) is 0 Å². The molecule has 0 saturated carbocycles. The Kier molecular flexibility index (Phi) is 5.55. The zero-order valence-corrected chi connectivity index (χ0v) is 12.6. The Morgan fingerprint density at radius 2 is 2.19 bits per heavy atom. The Hall–Kier alpha value is -1.18. The van der Waals surface area contributed by atoms with Crippen LogP contribution in [0.3, 0.4) is 0 Å². The molecule has 0 aliphatic carbocycles. The van der Waals surface area contributed by atoms with Crippen molar-refractivity contribution in [1.29, 1.82) is 0 Å². The number of carboxylic acid groups (broad SMARTS) is 1. The van der Waals surface area contributed by atoms with E-state index in [2.05, 4.69) is 5.32 Å². The van der Waals surface area contributed by atoms with Crippen LogP contribution in [0.15, 0.2) is 0 Å². The molecule has 0 aromatic heterocycles. The predicted octanol–water partition coefficient (Wildman–Crippen LogP) is -0.298. The molecule has 0 aromatic rings. The van der Waals surface area contributed by atoms with Crippen molar-refractivity contribution in [3.8, 4) is 0 Å². The first kappa shape index (κ1) is 16.2. The van der Waals surface area contributed by atoms with Gasteiger partial charge in [-0.1, -0.05) is 6.92 Å². The fourth-order valence-corrected chi connectivity index (χ4v) is 3.04. The second-order valence-electron chi connectivity index (χ2n) is 5.64. The molecular weight excluding hydrogens is 276 g/mol. The monoisotopic (exact) mass is 300 g/mol. The van der Waals surface area contributed by atoms with Gasteiger partial charge in [0, 0.05) is 20.2 Å². The molecule has 2 rings (SSSR count). The van der Waals surface area contributed by atoms with Crippen molar-refractivity contribution >= 4 is 11.9 Å². The molecule has 7 nitrogen and oxygen atoms in total. The fraction of sp³-hybridized carbons (Fsp3) is 0.857. The molecule has 4 atom stereocenters. The van der Waals surface area contributed by atoms with Gasteiger partial charge in [-0.2, -0.15) is 0 Å². The predicted molar refractivity (Wildman–Crippen MR) is 74.9 cm³/mol. The third kappa shape index (κ3) is 3.53. The number of nitrogens with zero attached hydrogens (tertiary/aromatic N) is 1. The van der Waals surface area contributed by atoms with E-state index in [9.17, 15) is 14.7 Å². The smallest absolute Gasteiger partial charge is 0.311 e. The molecule has 4 unspecified atom stereocenters. The van der Waals surface area contributed by atoms with Crippen molar-refractivity contribution in [2.75, 3.05) is 33.4 Å². The van der Waals surface area contributed by atoms with E-state index in [1.54, 1.807) is 12.0 Å². The Morgan fingerprint density at radius 3 is 2.76 bits per heavy atom. The summed E-state index contributed by atoms with van der Waals surface area (Å²) in [5, 5.41) is 12.4. The number of hydrogen-bond acceptors (Lipinski definition) is 5. The van der Waals surface area contributed by atoms with Crippen LogP contribution in [-0.2, 0) is 19.1 Å². The number of methoxy groups -OCH3 is 1. The Balaban J connectivity index is 2.07. The Bertz CT molecular complexity index is 390. The van der Waals surface area contributed by atoms with E-state index >= 15 is 0 Å². The Morgan fingerprint density at radius 1 is 1.43 bits per heavy atom. The molecule has 0 radical (unpaired) electrons. The van der Waals surface area contributed by atoms with Crippen LogP contribution in [0.2, 0.25) is 0 Å². The summed E-state index contributed by atoms with van der Waals surface area (Å²) < 4.78 is 10.6. The van der Waals surface area contributed by atoms with E-state index in [1.807, 2.05) is 6.92 Å². The molecule has 0 bridgehead atoms. The average molecular weight is 300 g/mol. The summed E-state index contributed by atoms with van der Waals surface area (Å²) in [6.45, 7) is 3.64. The molecule has 0 aromatic carbocycles.